The summed E-state index contributed by atoms with van der Waals surface area (Å²) in [6.07, 6.45) is 3.48. The summed E-state index contributed by atoms with van der Waals surface area (Å²) in [5.41, 5.74) is 4.01. The minimum absolute atomic E-state index is 0.0387. The zero-order chi connectivity index (χ0) is 20.2. The fraction of sp³-hybridized carbons (Fsp3) is 0.261. The molecule has 3 heterocycles. The zero-order valence-electron chi connectivity index (χ0n) is 16.8. The van der Waals surface area contributed by atoms with Gasteiger partial charge < -0.3 is 15.1 Å². The van der Waals surface area contributed by atoms with Crippen LogP contribution in [0.3, 0.4) is 0 Å². The molecular weight excluding hydrogens is 362 g/mol. The molecule has 1 fully saturated rings. The number of anilines is 3. The van der Waals surface area contributed by atoms with E-state index in [1.807, 2.05) is 35.2 Å². The Kier molecular flexibility index (Phi) is 5.42. The number of rotatable bonds is 4. The van der Waals surface area contributed by atoms with Crippen LogP contribution in [-0.2, 0) is 0 Å². The maximum absolute atomic E-state index is 13.0. The lowest BCUT2D eigenvalue weighted by Crippen LogP contribution is -2.49. The summed E-state index contributed by atoms with van der Waals surface area (Å²) in [6.45, 7) is 7.05. The van der Waals surface area contributed by atoms with Crippen LogP contribution in [0, 0.1) is 13.8 Å². The molecule has 1 aliphatic heterocycles. The maximum Gasteiger partial charge on any atom is 0.254 e. The number of carbonyl (C=O) groups is 1. The van der Waals surface area contributed by atoms with E-state index in [4.69, 9.17) is 0 Å². The Morgan fingerprint density at radius 2 is 1.76 bits per heavy atom. The molecule has 0 unspecified atom stereocenters. The summed E-state index contributed by atoms with van der Waals surface area (Å²) in [4.78, 5) is 25.9. The van der Waals surface area contributed by atoms with Crippen molar-refractivity contribution >= 4 is 23.2 Å². The van der Waals surface area contributed by atoms with Gasteiger partial charge in [-0.15, -0.1) is 0 Å². The average Bonchev–Trinajstić information content (AvgIpc) is 2.76. The van der Waals surface area contributed by atoms with E-state index in [0.717, 1.165) is 30.2 Å². The van der Waals surface area contributed by atoms with E-state index in [2.05, 4.69) is 46.2 Å². The number of aryl methyl sites for hydroxylation is 2. The topological polar surface area (TPSA) is 61.4 Å². The van der Waals surface area contributed by atoms with Crippen molar-refractivity contribution < 1.29 is 4.79 Å². The Morgan fingerprint density at radius 1 is 0.931 bits per heavy atom. The Labute approximate surface area is 171 Å². The highest BCUT2D eigenvalue weighted by Gasteiger charge is 2.23. The van der Waals surface area contributed by atoms with Gasteiger partial charge in [0, 0.05) is 49.8 Å². The fourth-order valence-electron chi connectivity index (χ4n) is 3.59. The van der Waals surface area contributed by atoms with Crippen molar-refractivity contribution in [3.63, 3.8) is 0 Å². The molecule has 0 radical (unpaired) electrons. The molecule has 0 bridgehead atoms. The van der Waals surface area contributed by atoms with Crippen molar-refractivity contribution in [2.45, 2.75) is 13.8 Å². The van der Waals surface area contributed by atoms with Gasteiger partial charge >= 0.3 is 0 Å². The van der Waals surface area contributed by atoms with Crippen LogP contribution < -0.4 is 10.2 Å². The number of nitrogens with one attached hydrogen (secondary N) is 1. The first kappa shape index (κ1) is 18.9. The van der Waals surface area contributed by atoms with Gasteiger partial charge in [0.15, 0.2) is 0 Å². The van der Waals surface area contributed by atoms with Gasteiger partial charge in [0.05, 0.1) is 0 Å². The summed E-state index contributed by atoms with van der Waals surface area (Å²) in [6, 6.07) is 15.7. The highest BCUT2D eigenvalue weighted by Crippen LogP contribution is 2.21. The predicted octanol–water partition coefficient (Wildman–Crippen LogP) is 3.80. The van der Waals surface area contributed by atoms with Crippen LogP contribution >= 0.6 is 0 Å². The van der Waals surface area contributed by atoms with E-state index in [1.165, 1.54) is 5.56 Å². The van der Waals surface area contributed by atoms with Crippen molar-refractivity contribution in [1.82, 2.24) is 14.9 Å². The third-order valence-electron chi connectivity index (χ3n) is 5.19. The second kappa shape index (κ2) is 8.31. The largest absolute Gasteiger partial charge is 0.353 e. The molecule has 1 saturated heterocycles. The molecule has 0 spiro atoms. The molecule has 4 rings (SSSR count). The molecule has 1 aliphatic rings. The molecule has 2 aromatic heterocycles. The molecule has 3 aromatic rings. The highest BCUT2D eigenvalue weighted by molar-refractivity contribution is 5.95. The number of piperazine rings is 1. The molecule has 1 amide bonds. The molecule has 0 saturated carbocycles. The first-order chi connectivity index (χ1) is 14.1. The van der Waals surface area contributed by atoms with Crippen LogP contribution in [0.2, 0.25) is 0 Å². The van der Waals surface area contributed by atoms with Crippen LogP contribution in [0.4, 0.5) is 17.3 Å². The number of amides is 1. The standard InChI is InChI=1S/C23H25N5O/c1-17-6-7-20(18(2)15-17)26-21-16-19(8-10-24-21)23(29)28-13-11-27(12-14-28)22-5-3-4-9-25-22/h3-10,15-16H,11-14H2,1-2H3,(H,24,26). The molecule has 148 valence electrons. The molecule has 29 heavy (non-hydrogen) atoms. The number of aromatic nitrogens is 2. The van der Waals surface area contributed by atoms with Gasteiger partial charge in [0.1, 0.15) is 11.6 Å². The third-order valence-corrected chi connectivity index (χ3v) is 5.19. The lowest BCUT2D eigenvalue weighted by molar-refractivity contribution is 0.0746. The SMILES string of the molecule is Cc1ccc(Nc2cc(C(=O)N3CCN(c4ccccn4)CC3)ccn2)c(C)c1. The Bertz CT molecular complexity index is 997. The number of hydrogen-bond donors (Lipinski definition) is 1. The first-order valence-electron chi connectivity index (χ1n) is 9.86. The van der Waals surface area contributed by atoms with Crippen LogP contribution in [0.15, 0.2) is 60.9 Å². The predicted molar refractivity (Wildman–Crippen MR) is 116 cm³/mol. The second-order valence-corrected chi connectivity index (χ2v) is 7.34. The van der Waals surface area contributed by atoms with Gasteiger partial charge in [-0.3, -0.25) is 4.79 Å². The molecular formula is C23H25N5O. The Hall–Kier alpha value is -3.41. The summed E-state index contributed by atoms with van der Waals surface area (Å²) in [5, 5.41) is 3.33. The average molecular weight is 387 g/mol. The lowest BCUT2D eigenvalue weighted by Gasteiger charge is -2.35. The maximum atomic E-state index is 13.0. The summed E-state index contributed by atoms with van der Waals surface area (Å²) in [7, 11) is 0. The van der Waals surface area contributed by atoms with Gasteiger partial charge in [-0.05, 0) is 49.7 Å². The van der Waals surface area contributed by atoms with Gasteiger partial charge in [-0.2, -0.15) is 0 Å². The minimum atomic E-state index is 0.0387. The second-order valence-electron chi connectivity index (χ2n) is 7.34. The number of benzene rings is 1. The zero-order valence-corrected chi connectivity index (χ0v) is 16.8. The van der Waals surface area contributed by atoms with Crippen molar-refractivity contribution in [2.75, 3.05) is 36.4 Å². The van der Waals surface area contributed by atoms with Crippen LogP contribution in [-0.4, -0.2) is 47.0 Å². The molecule has 0 atom stereocenters. The molecule has 6 nitrogen and oxygen atoms in total. The van der Waals surface area contributed by atoms with Crippen molar-refractivity contribution in [1.29, 1.82) is 0 Å². The van der Waals surface area contributed by atoms with Crippen LogP contribution in [0.25, 0.3) is 0 Å². The molecule has 1 N–H and O–H groups in total. The van der Waals surface area contributed by atoms with E-state index < -0.39 is 0 Å². The summed E-state index contributed by atoms with van der Waals surface area (Å²) >= 11 is 0. The van der Waals surface area contributed by atoms with E-state index in [9.17, 15) is 4.79 Å². The molecule has 1 aromatic carbocycles. The van der Waals surface area contributed by atoms with Crippen LogP contribution in [0.5, 0.6) is 0 Å². The lowest BCUT2D eigenvalue weighted by atomic mass is 10.1. The smallest absolute Gasteiger partial charge is 0.254 e. The van der Waals surface area contributed by atoms with E-state index >= 15 is 0 Å². The monoisotopic (exact) mass is 387 g/mol. The number of hydrogen-bond acceptors (Lipinski definition) is 5. The Morgan fingerprint density at radius 3 is 2.48 bits per heavy atom. The van der Waals surface area contributed by atoms with Crippen molar-refractivity contribution in [3.8, 4) is 0 Å². The highest BCUT2D eigenvalue weighted by atomic mass is 16.2. The third kappa shape index (κ3) is 4.37. The Balaban J connectivity index is 1.42. The summed E-state index contributed by atoms with van der Waals surface area (Å²) < 4.78 is 0. The molecule has 6 heteroatoms. The van der Waals surface area contributed by atoms with Gasteiger partial charge in [0.25, 0.3) is 5.91 Å². The van der Waals surface area contributed by atoms with Gasteiger partial charge in [-0.1, -0.05) is 23.8 Å². The normalized spacial score (nSPS) is 14.0. The number of nitrogens with zero attached hydrogens (tertiary/aromatic N) is 4. The van der Waals surface area contributed by atoms with E-state index in [-0.39, 0.29) is 5.91 Å². The van der Waals surface area contributed by atoms with Crippen LogP contribution in [0.1, 0.15) is 21.5 Å². The van der Waals surface area contributed by atoms with Gasteiger partial charge in [0.2, 0.25) is 0 Å². The quantitative estimate of drug-likeness (QED) is 0.738. The molecule has 0 aliphatic carbocycles. The van der Waals surface area contributed by atoms with Crippen molar-refractivity contribution in [3.05, 3.63) is 77.6 Å². The van der Waals surface area contributed by atoms with E-state index in [1.54, 1.807) is 18.5 Å². The number of pyridine rings is 2. The summed E-state index contributed by atoms with van der Waals surface area (Å²) in [5.74, 6) is 1.68. The van der Waals surface area contributed by atoms with Gasteiger partial charge in [-0.25, -0.2) is 9.97 Å². The fourth-order valence-corrected chi connectivity index (χ4v) is 3.59. The van der Waals surface area contributed by atoms with Crippen molar-refractivity contribution in [2.24, 2.45) is 0 Å². The van der Waals surface area contributed by atoms with E-state index in [0.29, 0.717) is 24.5 Å². The first-order valence-corrected chi connectivity index (χ1v) is 9.86. The number of carbonyl (C=O) groups excluding carboxylic acids is 1. The minimum Gasteiger partial charge on any atom is -0.353 e.